The Hall–Kier alpha value is -3.33. The van der Waals surface area contributed by atoms with E-state index < -0.39 is 11.2 Å². The smallest absolute Gasteiger partial charge is 0.333 e. The van der Waals surface area contributed by atoms with E-state index in [1.54, 1.807) is 6.92 Å². The summed E-state index contributed by atoms with van der Waals surface area (Å²) in [6.07, 6.45) is 5.03. The lowest BCUT2D eigenvalue weighted by atomic mass is 10.0. The molecule has 4 rings (SSSR count). The van der Waals surface area contributed by atoms with Gasteiger partial charge in [0.25, 0.3) is 5.56 Å². The summed E-state index contributed by atoms with van der Waals surface area (Å²) in [6.45, 7) is 6.27. The van der Waals surface area contributed by atoms with Gasteiger partial charge in [-0.05, 0) is 33.2 Å². The monoisotopic (exact) mass is 450 g/mol. The molecule has 1 fully saturated rings. The first-order valence-corrected chi connectivity index (χ1v) is 11.6. The summed E-state index contributed by atoms with van der Waals surface area (Å²) in [5, 5.41) is 3.06. The van der Waals surface area contributed by atoms with Crippen LogP contribution in [0.2, 0.25) is 0 Å². The number of carbonyl (C=O) groups excluding carboxylic acids is 1. The third-order valence-corrected chi connectivity index (χ3v) is 6.27. The van der Waals surface area contributed by atoms with Gasteiger partial charge in [0, 0.05) is 37.4 Å². The first kappa shape index (κ1) is 22.8. The van der Waals surface area contributed by atoms with Crippen LogP contribution in [0.5, 0.6) is 0 Å². The number of piperidine rings is 1. The maximum absolute atomic E-state index is 13.1. The predicted molar refractivity (Wildman–Crippen MR) is 127 cm³/mol. The van der Waals surface area contributed by atoms with Gasteiger partial charge in [-0.15, -0.1) is 0 Å². The van der Waals surface area contributed by atoms with Crippen LogP contribution >= 0.6 is 0 Å². The number of aryl methyl sites for hydroxylation is 1. The molecule has 1 unspecified atom stereocenters. The summed E-state index contributed by atoms with van der Waals surface area (Å²) < 4.78 is 2.38. The van der Waals surface area contributed by atoms with E-state index in [1.165, 1.54) is 30.0 Å². The van der Waals surface area contributed by atoms with Crippen LogP contribution in [0.3, 0.4) is 0 Å². The molecule has 0 bridgehead atoms. The number of benzene rings is 1. The molecule has 0 aliphatic carbocycles. The van der Waals surface area contributed by atoms with Crippen molar-refractivity contribution >= 4 is 16.9 Å². The van der Waals surface area contributed by atoms with Crippen LogP contribution in [0, 0.1) is 0 Å². The number of nitrogens with zero attached hydrogens (tertiary/aromatic N) is 5. The van der Waals surface area contributed by atoms with Crippen LogP contribution in [-0.2, 0) is 17.9 Å². The summed E-state index contributed by atoms with van der Waals surface area (Å²) in [5.74, 6) is 0.0780. The fourth-order valence-electron chi connectivity index (χ4n) is 4.38. The Balaban J connectivity index is 1.56. The maximum Gasteiger partial charge on any atom is 0.333 e. The summed E-state index contributed by atoms with van der Waals surface area (Å²) in [6, 6.07) is 9.88. The molecule has 1 saturated heterocycles. The molecule has 1 aliphatic rings. The minimum Gasteiger partial charge on any atom is -0.353 e. The largest absolute Gasteiger partial charge is 0.353 e. The van der Waals surface area contributed by atoms with E-state index in [0.29, 0.717) is 25.0 Å². The van der Waals surface area contributed by atoms with Gasteiger partial charge >= 0.3 is 5.69 Å². The van der Waals surface area contributed by atoms with Gasteiger partial charge in [-0.2, -0.15) is 0 Å². The van der Waals surface area contributed by atoms with Crippen molar-refractivity contribution < 1.29 is 4.79 Å². The van der Waals surface area contributed by atoms with Crippen molar-refractivity contribution in [3.8, 4) is 11.4 Å². The molecule has 0 spiro atoms. The van der Waals surface area contributed by atoms with Gasteiger partial charge in [0.05, 0.1) is 0 Å². The molecule has 2 aromatic heterocycles. The second-order valence-electron chi connectivity index (χ2n) is 8.45. The molecule has 1 aliphatic heterocycles. The predicted octanol–water partition coefficient (Wildman–Crippen LogP) is 1.63. The molecular formula is C24H30N6O3. The normalized spacial score (nSPS) is 16.7. The van der Waals surface area contributed by atoms with E-state index in [0.717, 1.165) is 23.2 Å². The molecular weight excluding hydrogens is 420 g/mol. The van der Waals surface area contributed by atoms with E-state index in [-0.39, 0.29) is 23.5 Å². The lowest BCUT2D eigenvalue weighted by molar-refractivity contribution is -0.121. The third-order valence-electron chi connectivity index (χ3n) is 6.27. The van der Waals surface area contributed by atoms with Crippen molar-refractivity contribution in [2.45, 2.75) is 52.2 Å². The fourth-order valence-corrected chi connectivity index (χ4v) is 4.38. The van der Waals surface area contributed by atoms with E-state index >= 15 is 0 Å². The maximum atomic E-state index is 13.1. The minimum absolute atomic E-state index is 0.214. The Bertz CT molecular complexity index is 1250. The van der Waals surface area contributed by atoms with Crippen LogP contribution < -0.4 is 16.6 Å². The van der Waals surface area contributed by atoms with Crippen molar-refractivity contribution in [1.82, 2.24) is 29.3 Å². The Morgan fingerprint density at radius 3 is 2.67 bits per heavy atom. The number of aromatic nitrogens is 4. The zero-order valence-electron chi connectivity index (χ0n) is 19.2. The molecule has 0 radical (unpaired) electrons. The van der Waals surface area contributed by atoms with Gasteiger partial charge in [-0.3, -0.25) is 23.6 Å². The molecule has 0 saturated carbocycles. The number of hydrogen-bond donors (Lipinski definition) is 1. The van der Waals surface area contributed by atoms with Crippen LogP contribution in [0.25, 0.3) is 22.4 Å². The number of carbonyl (C=O) groups is 1. The second kappa shape index (κ2) is 10.1. The Morgan fingerprint density at radius 1 is 1.15 bits per heavy atom. The molecule has 174 valence electrons. The minimum atomic E-state index is -0.556. The molecule has 1 N–H and O–H groups in total. The highest BCUT2D eigenvalue weighted by atomic mass is 16.2. The number of likely N-dealkylation sites (tertiary alicyclic amines) is 1. The zero-order chi connectivity index (χ0) is 23.4. The Morgan fingerprint density at radius 2 is 1.94 bits per heavy atom. The summed E-state index contributed by atoms with van der Waals surface area (Å²) in [5.41, 5.74) is -0.0372. The topological polar surface area (TPSA) is 102 Å². The average molecular weight is 451 g/mol. The Kier molecular flexibility index (Phi) is 6.98. The van der Waals surface area contributed by atoms with Crippen molar-refractivity contribution in [2.75, 3.05) is 19.6 Å². The van der Waals surface area contributed by atoms with Gasteiger partial charge < -0.3 is 5.32 Å². The van der Waals surface area contributed by atoms with Crippen molar-refractivity contribution in [3.63, 3.8) is 0 Å². The number of amides is 1. The summed E-state index contributed by atoms with van der Waals surface area (Å²) in [4.78, 5) is 49.8. The van der Waals surface area contributed by atoms with Crippen molar-refractivity contribution in [2.24, 2.45) is 0 Å². The highest BCUT2D eigenvalue weighted by molar-refractivity contribution is 5.78. The fraction of sp³-hybridized carbons (Fsp3) is 0.458. The quantitative estimate of drug-likeness (QED) is 0.587. The highest BCUT2D eigenvalue weighted by Gasteiger charge is 2.19. The molecule has 9 heteroatoms. The lowest BCUT2D eigenvalue weighted by Gasteiger charge is -2.33. The molecule has 9 nitrogen and oxygen atoms in total. The molecule has 1 amide bonds. The SMILES string of the molecule is CCn1c(=O)n(CC(=O)NCCN2CCCCC2C)c(=O)c2cnc(-c3ccccc3)nc21. The van der Waals surface area contributed by atoms with Crippen LogP contribution in [0.4, 0.5) is 0 Å². The Labute approximate surface area is 192 Å². The van der Waals surface area contributed by atoms with Crippen LogP contribution in [0.15, 0.2) is 46.1 Å². The number of hydrogen-bond acceptors (Lipinski definition) is 6. The number of rotatable bonds is 7. The van der Waals surface area contributed by atoms with E-state index in [1.807, 2.05) is 30.3 Å². The van der Waals surface area contributed by atoms with E-state index in [2.05, 4.69) is 27.1 Å². The zero-order valence-corrected chi connectivity index (χ0v) is 19.2. The molecule has 1 atom stereocenters. The molecule has 3 aromatic rings. The van der Waals surface area contributed by atoms with Gasteiger partial charge in [0.15, 0.2) is 11.5 Å². The van der Waals surface area contributed by atoms with Gasteiger partial charge in [-0.25, -0.2) is 14.8 Å². The van der Waals surface area contributed by atoms with Gasteiger partial charge in [-0.1, -0.05) is 36.8 Å². The lowest BCUT2D eigenvalue weighted by Crippen LogP contribution is -2.46. The summed E-state index contributed by atoms with van der Waals surface area (Å²) in [7, 11) is 0. The number of nitrogens with one attached hydrogen (secondary N) is 1. The average Bonchev–Trinajstić information content (AvgIpc) is 2.83. The molecule has 33 heavy (non-hydrogen) atoms. The standard InChI is InChI=1S/C24H30N6O3/c1-3-29-22-19(15-26-21(27-22)18-10-5-4-6-11-18)23(32)30(24(29)33)16-20(31)25-12-14-28-13-8-7-9-17(28)2/h4-6,10-11,15,17H,3,7-9,12-14,16H2,1-2H3,(H,25,31). The third kappa shape index (κ3) is 4.88. The van der Waals surface area contributed by atoms with E-state index in [9.17, 15) is 14.4 Å². The van der Waals surface area contributed by atoms with E-state index in [4.69, 9.17) is 0 Å². The van der Waals surface area contributed by atoms with Gasteiger partial charge in [0.2, 0.25) is 5.91 Å². The second-order valence-corrected chi connectivity index (χ2v) is 8.45. The van der Waals surface area contributed by atoms with Crippen molar-refractivity contribution in [3.05, 3.63) is 57.4 Å². The summed E-state index contributed by atoms with van der Waals surface area (Å²) >= 11 is 0. The number of fused-ring (bicyclic) bond motifs is 1. The van der Waals surface area contributed by atoms with Crippen molar-refractivity contribution in [1.29, 1.82) is 0 Å². The first-order valence-electron chi connectivity index (χ1n) is 11.6. The van der Waals surface area contributed by atoms with Gasteiger partial charge in [0.1, 0.15) is 11.9 Å². The van der Waals surface area contributed by atoms with Crippen LogP contribution in [-0.4, -0.2) is 55.6 Å². The molecule has 3 heterocycles. The van der Waals surface area contributed by atoms with Crippen LogP contribution in [0.1, 0.15) is 33.1 Å². The first-order chi connectivity index (χ1) is 16.0. The molecule has 1 aromatic carbocycles. The highest BCUT2D eigenvalue weighted by Crippen LogP contribution is 2.16.